The van der Waals surface area contributed by atoms with Crippen LogP contribution in [0, 0.1) is 0 Å². The molecule has 0 bridgehead atoms. The first kappa shape index (κ1) is 26.8. The van der Waals surface area contributed by atoms with Crippen molar-refractivity contribution < 1.29 is 9.53 Å². The van der Waals surface area contributed by atoms with Crippen molar-refractivity contribution in [3.05, 3.63) is 96.6 Å². The number of ether oxygens (including phenoxy) is 1. The lowest BCUT2D eigenvalue weighted by molar-refractivity contribution is 0.0205. The number of amides is 1. The third kappa shape index (κ3) is 6.19. The van der Waals surface area contributed by atoms with Crippen molar-refractivity contribution in [3.8, 4) is 22.3 Å². The Morgan fingerprint density at radius 3 is 2.46 bits per heavy atom. The molecule has 4 heterocycles. The highest BCUT2D eigenvalue weighted by molar-refractivity contribution is 5.95. The summed E-state index contributed by atoms with van der Waals surface area (Å²) in [4.78, 5) is 22.3. The van der Waals surface area contributed by atoms with Crippen molar-refractivity contribution >= 4 is 17.1 Å². The van der Waals surface area contributed by atoms with E-state index in [-0.39, 0.29) is 6.09 Å². The average Bonchev–Trinajstić information content (AvgIpc) is 3.62. The Bertz CT molecular complexity index is 1620. The van der Waals surface area contributed by atoms with E-state index in [9.17, 15) is 4.79 Å². The Balaban J connectivity index is 1.13. The minimum absolute atomic E-state index is 0.210. The van der Waals surface area contributed by atoms with Crippen molar-refractivity contribution in [2.24, 2.45) is 0 Å². The number of pyridine rings is 1. The molecular weight excluding hydrogens is 510 g/mol. The van der Waals surface area contributed by atoms with Crippen LogP contribution in [-0.2, 0) is 17.7 Å². The zero-order valence-corrected chi connectivity index (χ0v) is 24.0. The lowest BCUT2D eigenvalue weighted by atomic mass is 9.88. The van der Waals surface area contributed by atoms with Crippen LogP contribution in [0.4, 0.5) is 4.79 Å². The summed E-state index contributed by atoms with van der Waals surface area (Å²) in [7, 11) is 0. The number of nitrogens with one attached hydrogen (secondary N) is 1. The van der Waals surface area contributed by atoms with E-state index >= 15 is 0 Å². The predicted molar refractivity (Wildman–Crippen MR) is 163 cm³/mol. The van der Waals surface area contributed by atoms with Crippen LogP contribution in [0.15, 0.2) is 85.5 Å². The maximum absolute atomic E-state index is 12.4. The molecular formula is C34H37N5O2. The Morgan fingerprint density at radius 2 is 1.73 bits per heavy atom. The molecule has 1 fully saturated rings. The fraction of sp³-hybridized carbons (Fsp3) is 0.324. The number of benzene rings is 2. The third-order valence-corrected chi connectivity index (χ3v) is 7.81. The van der Waals surface area contributed by atoms with E-state index in [4.69, 9.17) is 9.72 Å². The summed E-state index contributed by atoms with van der Waals surface area (Å²) in [6.45, 7) is 8.01. The highest BCUT2D eigenvalue weighted by atomic mass is 16.6. The largest absolute Gasteiger partial charge is 0.444 e. The van der Waals surface area contributed by atoms with Crippen LogP contribution in [0.25, 0.3) is 33.3 Å². The Kier molecular flexibility index (Phi) is 7.35. The molecule has 5 aromatic rings. The predicted octanol–water partition coefficient (Wildman–Crippen LogP) is 7.45. The molecule has 1 N–H and O–H groups in total. The summed E-state index contributed by atoms with van der Waals surface area (Å²) in [5.41, 5.74) is 7.44. The number of H-pyrrole nitrogens is 1. The smallest absolute Gasteiger partial charge is 0.410 e. The maximum Gasteiger partial charge on any atom is 0.410 e. The van der Waals surface area contributed by atoms with Gasteiger partial charge in [0.15, 0.2) is 0 Å². The molecule has 6 rings (SSSR count). The Hall–Kier alpha value is -4.39. The van der Waals surface area contributed by atoms with Gasteiger partial charge in [0.2, 0.25) is 0 Å². The topological polar surface area (TPSA) is 76.0 Å². The van der Waals surface area contributed by atoms with Crippen LogP contribution in [0.3, 0.4) is 0 Å². The van der Waals surface area contributed by atoms with E-state index in [1.807, 2.05) is 55.0 Å². The van der Waals surface area contributed by atoms with Gasteiger partial charge < -0.3 is 14.6 Å². The number of hydrogen-bond donors (Lipinski definition) is 1. The van der Waals surface area contributed by atoms with Gasteiger partial charge in [0.1, 0.15) is 11.2 Å². The molecule has 0 atom stereocenters. The molecule has 0 unspecified atom stereocenters. The van der Waals surface area contributed by atoms with Gasteiger partial charge >= 0.3 is 6.09 Å². The minimum Gasteiger partial charge on any atom is -0.444 e. The second kappa shape index (κ2) is 11.2. The molecule has 1 aliphatic heterocycles. The standard InChI is InChI=1S/C34H37N5O2/c1-34(2,3)41-33(40)38-16-14-27(15-17-38)25-9-11-26(12-10-25)28-19-30-31(22-36-32(30)35-20-28)29-21-37-39(23-29)18-13-24-7-5-4-6-8-24/h4-12,19-23,27H,13-18H2,1-3H3,(H,35,36). The fourth-order valence-corrected chi connectivity index (χ4v) is 5.58. The van der Waals surface area contributed by atoms with Crippen molar-refractivity contribution in [1.29, 1.82) is 0 Å². The molecule has 2 aromatic carbocycles. The summed E-state index contributed by atoms with van der Waals surface area (Å²) in [5, 5.41) is 5.70. The number of aromatic amines is 1. The monoisotopic (exact) mass is 547 g/mol. The third-order valence-electron chi connectivity index (χ3n) is 7.81. The van der Waals surface area contributed by atoms with E-state index < -0.39 is 5.60 Å². The molecule has 7 nitrogen and oxygen atoms in total. The van der Waals surface area contributed by atoms with E-state index in [2.05, 4.69) is 70.9 Å². The Morgan fingerprint density at radius 1 is 0.976 bits per heavy atom. The van der Waals surface area contributed by atoms with Crippen LogP contribution in [0.5, 0.6) is 0 Å². The van der Waals surface area contributed by atoms with E-state index in [0.717, 1.165) is 72.2 Å². The zero-order chi connectivity index (χ0) is 28.4. The van der Waals surface area contributed by atoms with Gasteiger partial charge in [-0.2, -0.15) is 5.10 Å². The van der Waals surface area contributed by atoms with Gasteiger partial charge in [-0.25, -0.2) is 9.78 Å². The molecule has 0 spiro atoms. The van der Waals surface area contributed by atoms with Gasteiger partial charge in [0.05, 0.1) is 6.20 Å². The molecule has 1 aliphatic rings. The van der Waals surface area contributed by atoms with Crippen LogP contribution in [0.2, 0.25) is 0 Å². The number of piperidine rings is 1. The molecule has 1 amide bonds. The normalized spacial score (nSPS) is 14.5. The second-order valence-electron chi connectivity index (χ2n) is 11.9. The number of rotatable bonds is 6. The number of hydrogen-bond acceptors (Lipinski definition) is 4. The quantitative estimate of drug-likeness (QED) is 0.240. The number of carbonyl (C=O) groups excluding carboxylic acids is 1. The minimum atomic E-state index is -0.465. The summed E-state index contributed by atoms with van der Waals surface area (Å²) in [6, 6.07) is 21.5. The second-order valence-corrected chi connectivity index (χ2v) is 11.9. The van der Waals surface area contributed by atoms with Gasteiger partial charge in [-0.05, 0) is 68.7 Å². The number of fused-ring (bicyclic) bond motifs is 1. The maximum atomic E-state index is 12.4. The molecule has 3 aromatic heterocycles. The number of aromatic nitrogens is 4. The van der Waals surface area contributed by atoms with Crippen molar-refractivity contribution in [2.45, 2.75) is 58.1 Å². The molecule has 0 aliphatic carbocycles. The zero-order valence-electron chi connectivity index (χ0n) is 24.0. The van der Waals surface area contributed by atoms with Gasteiger partial charge in [-0.15, -0.1) is 0 Å². The first-order valence-corrected chi connectivity index (χ1v) is 14.4. The van der Waals surface area contributed by atoms with Crippen LogP contribution in [-0.4, -0.2) is 49.4 Å². The summed E-state index contributed by atoms with van der Waals surface area (Å²) < 4.78 is 7.56. The molecule has 7 heteroatoms. The highest BCUT2D eigenvalue weighted by Gasteiger charge is 2.27. The van der Waals surface area contributed by atoms with Crippen molar-refractivity contribution in [3.63, 3.8) is 0 Å². The van der Waals surface area contributed by atoms with Crippen LogP contribution in [0.1, 0.15) is 50.7 Å². The Labute approximate surface area is 241 Å². The SMILES string of the molecule is CC(C)(C)OC(=O)N1CCC(c2ccc(-c3cnc4[nH]cc(-c5cnn(CCc6ccccc6)c5)c4c3)cc2)CC1. The first-order chi connectivity index (χ1) is 19.8. The summed E-state index contributed by atoms with van der Waals surface area (Å²) >= 11 is 0. The number of carbonyl (C=O) groups is 1. The molecule has 0 saturated carbocycles. The van der Waals surface area contributed by atoms with Crippen LogP contribution < -0.4 is 0 Å². The highest BCUT2D eigenvalue weighted by Crippen LogP contribution is 2.33. The van der Waals surface area contributed by atoms with E-state index in [0.29, 0.717) is 5.92 Å². The van der Waals surface area contributed by atoms with Crippen molar-refractivity contribution in [1.82, 2.24) is 24.6 Å². The lowest BCUT2D eigenvalue weighted by Crippen LogP contribution is -2.41. The lowest BCUT2D eigenvalue weighted by Gasteiger charge is -2.33. The molecule has 0 radical (unpaired) electrons. The first-order valence-electron chi connectivity index (χ1n) is 14.4. The fourth-order valence-electron chi connectivity index (χ4n) is 5.58. The van der Waals surface area contributed by atoms with Gasteiger partial charge in [0.25, 0.3) is 0 Å². The van der Waals surface area contributed by atoms with E-state index in [1.165, 1.54) is 11.1 Å². The number of aryl methyl sites for hydroxylation is 2. The van der Waals surface area contributed by atoms with Gasteiger partial charge in [-0.3, -0.25) is 4.68 Å². The van der Waals surface area contributed by atoms with Gasteiger partial charge in [-0.1, -0.05) is 54.6 Å². The molecule has 41 heavy (non-hydrogen) atoms. The summed E-state index contributed by atoms with van der Waals surface area (Å²) in [6.07, 6.45) is 10.6. The number of likely N-dealkylation sites (tertiary alicyclic amines) is 1. The van der Waals surface area contributed by atoms with E-state index in [1.54, 1.807) is 0 Å². The molecule has 210 valence electrons. The van der Waals surface area contributed by atoms with Crippen LogP contribution >= 0.6 is 0 Å². The van der Waals surface area contributed by atoms with Crippen molar-refractivity contribution in [2.75, 3.05) is 13.1 Å². The average molecular weight is 548 g/mol. The molecule has 1 saturated heterocycles. The summed E-state index contributed by atoms with van der Waals surface area (Å²) in [5.74, 6) is 0.443. The van der Waals surface area contributed by atoms with Gasteiger partial charge in [0, 0.05) is 60.3 Å². The number of nitrogens with zero attached hydrogens (tertiary/aromatic N) is 4.